The number of likely N-dealkylation sites (tertiary alicyclic amines) is 1. The number of nitrogens with one attached hydrogen (secondary N) is 1. The molecule has 41 heavy (non-hydrogen) atoms. The number of methoxy groups -OCH3 is 1. The molecule has 0 amide bonds. The van der Waals surface area contributed by atoms with Crippen molar-refractivity contribution in [1.82, 2.24) is 14.9 Å². The number of hydrogen-bond acceptors (Lipinski definition) is 9. The third-order valence-corrected chi connectivity index (χ3v) is 7.03. The number of ether oxygens (including phenoxy) is 3. The zero-order valence-electron chi connectivity index (χ0n) is 23.2. The van der Waals surface area contributed by atoms with E-state index in [-0.39, 0.29) is 17.1 Å². The van der Waals surface area contributed by atoms with Gasteiger partial charge in [0.2, 0.25) is 0 Å². The summed E-state index contributed by atoms with van der Waals surface area (Å²) in [4.78, 5) is 36.3. The van der Waals surface area contributed by atoms with E-state index in [1.807, 2.05) is 12.1 Å². The maximum absolute atomic E-state index is 12.8. The highest BCUT2D eigenvalue weighted by atomic mass is 16.5. The van der Waals surface area contributed by atoms with Crippen LogP contribution in [0, 0.1) is 12.3 Å². The van der Waals surface area contributed by atoms with E-state index in [0.717, 1.165) is 26.1 Å². The third kappa shape index (κ3) is 6.56. The van der Waals surface area contributed by atoms with E-state index in [1.165, 1.54) is 37.4 Å². The molecule has 9 heteroatoms. The average Bonchev–Trinajstić information content (AvgIpc) is 3.50. The molecule has 0 saturated carbocycles. The number of terminal acetylenes is 1. The Morgan fingerprint density at radius 3 is 2.71 bits per heavy atom. The van der Waals surface area contributed by atoms with Gasteiger partial charge < -0.3 is 24.4 Å². The summed E-state index contributed by atoms with van der Waals surface area (Å²) in [5.74, 6) is 4.07. The Bertz CT molecular complexity index is 1570. The highest BCUT2D eigenvalue weighted by Gasteiger charge is 2.21. The standard InChI is InChI=1S/C32H32N4O5/c1-4-21(2)41-23-9-10-27(24(17-23)25-16-22(37)8-11-29(25)38)35-32-26-18-30(39-3)31(19-28(26)33-20-34-32)40-15-7-14-36-12-5-6-13-36/h1,8-11,16-21H,5-7,12-15H2,2-3H3,(H,33,34,35). The van der Waals surface area contributed by atoms with Crippen molar-refractivity contribution in [3.63, 3.8) is 0 Å². The van der Waals surface area contributed by atoms with Crippen LogP contribution in [0.15, 0.2) is 54.9 Å². The van der Waals surface area contributed by atoms with E-state index in [4.69, 9.17) is 20.6 Å². The fraction of sp³-hybridized carbons (Fsp3) is 0.312. The number of nitrogens with zero attached hydrogens (tertiary/aromatic N) is 3. The number of hydrogen-bond donors (Lipinski definition) is 1. The Hall–Kier alpha value is -4.68. The first-order chi connectivity index (χ1) is 19.9. The number of carbonyl (C=O) groups excluding carboxylic acids is 2. The summed E-state index contributed by atoms with van der Waals surface area (Å²) in [7, 11) is 1.59. The Labute approximate surface area is 239 Å². The minimum absolute atomic E-state index is 0.236. The molecule has 0 radical (unpaired) electrons. The lowest BCUT2D eigenvalue weighted by atomic mass is 9.94. The average molecular weight is 553 g/mol. The van der Waals surface area contributed by atoms with Gasteiger partial charge in [-0.15, -0.1) is 6.42 Å². The van der Waals surface area contributed by atoms with Gasteiger partial charge in [-0.2, -0.15) is 0 Å². The van der Waals surface area contributed by atoms with Crippen molar-refractivity contribution in [2.45, 2.75) is 32.3 Å². The molecule has 2 heterocycles. The first-order valence-electron chi connectivity index (χ1n) is 13.7. The van der Waals surface area contributed by atoms with Gasteiger partial charge in [0, 0.05) is 34.8 Å². The highest BCUT2D eigenvalue weighted by Crippen LogP contribution is 2.37. The first kappa shape index (κ1) is 27.9. The smallest absolute Gasteiger partial charge is 0.186 e. The van der Waals surface area contributed by atoms with E-state index in [1.54, 1.807) is 32.2 Å². The largest absolute Gasteiger partial charge is 0.493 e. The lowest BCUT2D eigenvalue weighted by Crippen LogP contribution is -2.21. The Balaban J connectivity index is 1.44. The van der Waals surface area contributed by atoms with Crippen LogP contribution in [0.5, 0.6) is 17.2 Å². The summed E-state index contributed by atoms with van der Waals surface area (Å²) in [5.41, 5.74) is 1.92. The molecule has 1 N–H and O–H groups in total. The summed E-state index contributed by atoms with van der Waals surface area (Å²) in [6.07, 6.45) is 13.7. The molecule has 1 aromatic heterocycles. The van der Waals surface area contributed by atoms with Crippen molar-refractivity contribution in [2.75, 3.05) is 38.7 Å². The topological polar surface area (TPSA) is 103 Å². The summed E-state index contributed by atoms with van der Waals surface area (Å²) < 4.78 is 17.5. The summed E-state index contributed by atoms with van der Waals surface area (Å²) in [5, 5.41) is 4.02. The van der Waals surface area contributed by atoms with Gasteiger partial charge in [0.1, 0.15) is 17.9 Å². The monoisotopic (exact) mass is 552 g/mol. The molecule has 9 nitrogen and oxygen atoms in total. The van der Waals surface area contributed by atoms with Gasteiger partial charge in [-0.3, -0.25) is 9.59 Å². The molecule has 2 aliphatic rings. The second-order valence-corrected chi connectivity index (χ2v) is 9.91. The molecule has 3 aromatic rings. The van der Waals surface area contributed by atoms with E-state index in [9.17, 15) is 9.59 Å². The van der Waals surface area contributed by atoms with Crippen molar-refractivity contribution in [3.8, 4) is 29.6 Å². The quantitative estimate of drug-likeness (QED) is 0.205. The molecule has 0 spiro atoms. The maximum Gasteiger partial charge on any atom is 0.186 e. The van der Waals surface area contributed by atoms with E-state index >= 15 is 0 Å². The van der Waals surface area contributed by atoms with Crippen LogP contribution >= 0.6 is 0 Å². The minimum Gasteiger partial charge on any atom is -0.493 e. The summed E-state index contributed by atoms with van der Waals surface area (Å²) >= 11 is 0. The number of fused-ring (bicyclic) bond motifs is 1. The third-order valence-electron chi connectivity index (χ3n) is 7.03. The second-order valence-electron chi connectivity index (χ2n) is 9.91. The summed E-state index contributed by atoms with van der Waals surface area (Å²) in [6.45, 7) is 5.65. The molecule has 0 bridgehead atoms. The SMILES string of the molecule is C#CC(C)Oc1ccc(Nc2ncnc3cc(OCCCN4CCCC4)c(OC)cc23)c(C2=CC(=O)C=CC2=O)c1. The zero-order chi connectivity index (χ0) is 28.8. The van der Waals surface area contributed by atoms with Crippen LogP contribution in [0.1, 0.15) is 31.7 Å². The zero-order valence-corrected chi connectivity index (χ0v) is 23.2. The van der Waals surface area contributed by atoms with Crippen LogP contribution in [0.2, 0.25) is 0 Å². The van der Waals surface area contributed by atoms with Crippen molar-refractivity contribution < 1.29 is 23.8 Å². The maximum atomic E-state index is 12.8. The van der Waals surface area contributed by atoms with Crippen LogP contribution in [0.4, 0.5) is 11.5 Å². The molecule has 1 atom stereocenters. The lowest BCUT2D eigenvalue weighted by Gasteiger charge is -2.18. The van der Waals surface area contributed by atoms with E-state index < -0.39 is 6.10 Å². The van der Waals surface area contributed by atoms with Gasteiger partial charge in [-0.05, 0) is 81.8 Å². The minimum atomic E-state index is -0.478. The van der Waals surface area contributed by atoms with Crippen LogP contribution in [0.25, 0.3) is 16.5 Å². The Kier molecular flexibility index (Phi) is 8.61. The Morgan fingerprint density at radius 1 is 1.10 bits per heavy atom. The van der Waals surface area contributed by atoms with Crippen molar-refractivity contribution in [3.05, 3.63) is 60.5 Å². The van der Waals surface area contributed by atoms with E-state index in [2.05, 4.69) is 26.1 Å². The van der Waals surface area contributed by atoms with Gasteiger partial charge in [0.15, 0.2) is 29.2 Å². The van der Waals surface area contributed by atoms with Gasteiger partial charge >= 0.3 is 0 Å². The molecule has 1 unspecified atom stereocenters. The fourth-order valence-electron chi connectivity index (χ4n) is 4.93. The van der Waals surface area contributed by atoms with Gasteiger partial charge in [-0.1, -0.05) is 5.92 Å². The normalized spacial score (nSPS) is 15.9. The van der Waals surface area contributed by atoms with Crippen LogP contribution < -0.4 is 19.5 Å². The number of allylic oxidation sites excluding steroid dienone is 4. The molecular formula is C32H32N4O5. The molecule has 1 aliphatic heterocycles. The molecule has 2 aromatic carbocycles. The second kappa shape index (κ2) is 12.7. The predicted molar refractivity (Wildman–Crippen MR) is 158 cm³/mol. The number of benzene rings is 2. The highest BCUT2D eigenvalue weighted by molar-refractivity contribution is 6.34. The molecule has 5 rings (SSSR count). The van der Waals surface area contributed by atoms with Crippen LogP contribution in [-0.2, 0) is 9.59 Å². The van der Waals surface area contributed by atoms with Crippen molar-refractivity contribution in [2.24, 2.45) is 0 Å². The number of anilines is 2. The first-order valence-corrected chi connectivity index (χ1v) is 13.7. The number of rotatable bonds is 11. The van der Waals surface area contributed by atoms with Gasteiger partial charge in [0.25, 0.3) is 0 Å². The van der Waals surface area contributed by atoms with Gasteiger partial charge in [0.05, 0.1) is 19.2 Å². The fourth-order valence-corrected chi connectivity index (χ4v) is 4.93. The summed E-state index contributed by atoms with van der Waals surface area (Å²) in [6, 6.07) is 8.85. The van der Waals surface area contributed by atoms with E-state index in [0.29, 0.717) is 51.8 Å². The number of aromatic nitrogens is 2. The van der Waals surface area contributed by atoms with Gasteiger partial charge in [-0.25, -0.2) is 9.97 Å². The van der Waals surface area contributed by atoms with Crippen LogP contribution in [-0.4, -0.2) is 65.9 Å². The Morgan fingerprint density at radius 2 is 1.93 bits per heavy atom. The molecule has 1 fully saturated rings. The van der Waals surface area contributed by atoms with Crippen molar-refractivity contribution >= 4 is 39.5 Å². The molecule has 1 aliphatic carbocycles. The number of carbonyl (C=O) groups is 2. The molecule has 1 saturated heterocycles. The predicted octanol–water partition coefficient (Wildman–Crippen LogP) is 4.74. The lowest BCUT2D eigenvalue weighted by molar-refractivity contribution is -0.113. The molecular weight excluding hydrogens is 520 g/mol. The number of ketones is 2. The molecule has 210 valence electrons. The van der Waals surface area contributed by atoms with Crippen molar-refractivity contribution in [1.29, 1.82) is 0 Å². The van der Waals surface area contributed by atoms with Crippen LogP contribution in [0.3, 0.4) is 0 Å².